The summed E-state index contributed by atoms with van der Waals surface area (Å²) in [4.78, 5) is 0. The van der Waals surface area contributed by atoms with Gasteiger partial charge in [0, 0.05) is 12.7 Å². The molecule has 0 radical (unpaired) electrons. The molecule has 0 aliphatic rings. The van der Waals surface area contributed by atoms with Gasteiger partial charge in [0.1, 0.15) is 5.76 Å². The zero-order valence-corrected chi connectivity index (χ0v) is 7.41. The first kappa shape index (κ1) is 10.9. The first-order chi connectivity index (χ1) is 5.61. The lowest BCUT2D eigenvalue weighted by atomic mass is 10.2. The Balaban J connectivity index is 3.99. The van der Waals surface area contributed by atoms with E-state index < -0.39 is 6.29 Å². The molecule has 0 aliphatic heterocycles. The van der Waals surface area contributed by atoms with Gasteiger partial charge in [-0.15, -0.1) is 0 Å². The van der Waals surface area contributed by atoms with E-state index >= 15 is 0 Å². The van der Waals surface area contributed by atoms with Crippen LogP contribution in [-0.4, -0.2) is 25.6 Å². The highest BCUT2D eigenvalue weighted by atomic mass is 16.6. The van der Waals surface area contributed by atoms with Crippen molar-refractivity contribution in [1.82, 2.24) is 0 Å². The minimum Gasteiger partial charge on any atom is -0.497 e. The molecule has 68 valence electrons. The van der Waals surface area contributed by atoms with Crippen LogP contribution in [0.2, 0.25) is 0 Å². The van der Waals surface area contributed by atoms with Crippen LogP contribution < -0.4 is 0 Å². The van der Waals surface area contributed by atoms with Gasteiger partial charge < -0.3 is 14.6 Å². The normalized spacial score (nSPS) is 12.9. The standard InChI is InChI=1S/C9H14O3/c1-7(9(10)12-4)5-6-8(2)11-3/h5-6,9-10H,1-2H2,3-4H3. The van der Waals surface area contributed by atoms with Crippen molar-refractivity contribution in [3.8, 4) is 0 Å². The van der Waals surface area contributed by atoms with Crippen molar-refractivity contribution < 1.29 is 14.6 Å². The Morgan fingerprint density at radius 3 is 2.33 bits per heavy atom. The van der Waals surface area contributed by atoms with E-state index in [1.54, 1.807) is 12.2 Å². The quantitative estimate of drug-likeness (QED) is 0.383. The molecular formula is C9H14O3. The highest BCUT2D eigenvalue weighted by Crippen LogP contribution is 2.03. The number of aliphatic hydroxyl groups is 1. The van der Waals surface area contributed by atoms with Crippen molar-refractivity contribution in [2.45, 2.75) is 6.29 Å². The van der Waals surface area contributed by atoms with Crippen molar-refractivity contribution in [1.29, 1.82) is 0 Å². The minimum absolute atomic E-state index is 0.454. The van der Waals surface area contributed by atoms with E-state index in [2.05, 4.69) is 17.9 Å². The van der Waals surface area contributed by atoms with E-state index in [0.717, 1.165) is 0 Å². The third-order valence-corrected chi connectivity index (χ3v) is 1.29. The van der Waals surface area contributed by atoms with Crippen molar-refractivity contribution in [3.05, 3.63) is 36.6 Å². The molecule has 1 N–H and O–H groups in total. The van der Waals surface area contributed by atoms with E-state index in [1.165, 1.54) is 14.2 Å². The van der Waals surface area contributed by atoms with Crippen LogP contribution in [0.25, 0.3) is 0 Å². The first-order valence-corrected chi connectivity index (χ1v) is 3.42. The molecule has 0 aromatic carbocycles. The van der Waals surface area contributed by atoms with Gasteiger partial charge in [-0.25, -0.2) is 0 Å². The average molecular weight is 170 g/mol. The van der Waals surface area contributed by atoms with Crippen molar-refractivity contribution in [2.75, 3.05) is 14.2 Å². The number of hydrogen-bond acceptors (Lipinski definition) is 3. The summed E-state index contributed by atoms with van der Waals surface area (Å²) in [6, 6.07) is 0. The number of methoxy groups -OCH3 is 2. The summed E-state index contributed by atoms with van der Waals surface area (Å²) in [6.45, 7) is 7.13. The minimum atomic E-state index is -0.967. The van der Waals surface area contributed by atoms with Crippen LogP contribution in [0.4, 0.5) is 0 Å². The number of rotatable bonds is 5. The third kappa shape index (κ3) is 3.95. The van der Waals surface area contributed by atoms with Crippen molar-refractivity contribution in [3.63, 3.8) is 0 Å². The Hall–Kier alpha value is -1.06. The number of allylic oxidation sites excluding steroid dienone is 1. The lowest BCUT2D eigenvalue weighted by molar-refractivity contribution is -0.0417. The Labute approximate surface area is 72.6 Å². The molecule has 0 bridgehead atoms. The maximum Gasteiger partial charge on any atom is 0.180 e. The number of hydrogen-bond donors (Lipinski definition) is 1. The van der Waals surface area contributed by atoms with Gasteiger partial charge in [-0.05, 0) is 6.08 Å². The second kappa shape index (κ2) is 5.57. The molecule has 3 nitrogen and oxygen atoms in total. The maximum atomic E-state index is 9.07. The third-order valence-electron chi connectivity index (χ3n) is 1.29. The van der Waals surface area contributed by atoms with Gasteiger partial charge in [0.15, 0.2) is 6.29 Å². The summed E-state index contributed by atoms with van der Waals surface area (Å²) in [6.07, 6.45) is 2.22. The first-order valence-electron chi connectivity index (χ1n) is 3.42. The molecule has 0 saturated carbocycles. The molecule has 0 aromatic rings. The summed E-state index contributed by atoms with van der Waals surface area (Å²) in [5.74, 6) is 0.499. The second-order valence-corrected chi connectivity index (χ2v) is 2.17. The molecule has 1 unspecified atom stereocenters. The van der Waals surface area contributed by atoms with Gasteiger partial charge in [-0.1, -0.05) is 19.2 Å². The fraction of sp³-hybridized carbons (Fsp3) is 0.333. The zero-order valence-electron chi connectivity index (χ0n) is 7.41. The lowest BCUT2D eigenvalue weighted by Crippen LogP contribution is -2.09. The van der Waals surface area contributed by atoms with Gasteiger partial charge in [0.25, 0.3) is 0 Å². The molecule has 0 aromatic heterocycles. The van der Waals surface area contributed by atoms with E-state index in [-0.39, 0.29) is 0 Å². The molecule has 1 atom stereocenters. The number of aliphatic hydroxyl groups excluding tert-OH is 1. The van der Waals surface area contributed by atoms with Crippen LogP contribution in [0.5, 0.6) is 0 Å². The van der Waals surface area contributed by atoms with Crippen LogP contribution in [-0.2, 0) is 9.47 Å². The topological polar surface area (TPSA) is 38.7 Å². The number of ether oxygens (including phenoxy) is 2. The summed E-state index contributed by atoms with van der Waals surface area (Å²) in [5.41, 5.74) is 0.454. The van der Waals surface area contributed by atoms with Gasteiger partial charge in [-0.2, -0.15) is 0 Å². The Morgan fingerprint density at radius 2 is 1.92 bits per heavy atom. The Bertz CT molecular complexity index is 194. The summed E-state index contributed by atoms with van der Waals surface area (Å²) in [5, 5.41) is 9.07. The predicted molar refractivity (Wildman–Crippen MR) is 47.4 cm³/mol. The molecule has 0 heterocycles. The maximum absolute atomic E-state index is 9.07. The molecule has 0 rings (SSSR count). The second-order valence-electron chi connectivity index (χ2n) is 2.17. The smallest absolute Gasteiger partial charge is 0.180 e. The van der Waals surface area contributed by atoms with Gasteiger partial charge >= 0.3 is 0 Å². The molecule has 0 saturated heterocycles. The fourth-order valence-corrected chi connectivity index (χ4v) is 0.502. The predicted octanol–water partition coefficient (Wildman–Crippen LogP) is 1.22. The molecule has 12 heavy (non-hydrogen) atoms. The van der Waals surface area contributed by atoms with Crippen LogP contribution in [0.3, 0.4) is 0 Å². The van der Waals surface area contributed by atoms with Gasteiger partial charge in [0.2, 0.25) is 0 Å². The summed E-state index contributed by atoms with van der Waals surface area (Å²) < 4.78 is 9.38. The molecule has 0 amide bonds. The van der Waals surface area contributed by atoms with Crippen molar-refractivity contribution >= 4 is 0 Å². The van der Waals surface area contributed by atoms with Crippen molar-refractivity contribution in [2.24, 2.45) is 0 Å². The molecule has 0 fully saturated rings. The van der Waals surface area contributed by atoms with Crippen LogP contribution >= 0.6 is 0 Å². The van der Waals surface area contributed by atoms with Crippen LogP contribution in [0, 0.1) is 0 Å². The highest BCUT2D eigenvalue weighted by molar-refractivity contribution is 5.22. The van der Waals surface area contributed by atoms with E-state index in [0.29, 0.717) is 11.3 Å². The van der Waals surface area contributed by atoms with Gasteiger partial charge in [0.05, 0.1) is 7.11 Å². The SMILES string of the molecule is C=C(C=CC(=C)C(O)OC)OC. The average Bonchev–Trinajstić information content (AvgIpc) is 2.11. The summed E-state index contributed by atoms with van der Waals surface area (Å²) in [7, 11) is 2.91. The van der Waals surface area contributed by atoms with E-state index in [1.807, 2.05) is 0 Å². The van der Waals surface area contributed by atoms with Gasteiger partial charge in [-0.3, -0.25) is 0 Å². The Morgan fingerprint density at radius 1 is 1.33 bits per heavy atom. The van der Waals surface area contributed by atoms with E-state index in [4.69, 9.17) is 9.84 Å². The fourth-order valence-electron chi connectivity index (χ4n) is 0.502. The van der Waals surface area contributed by atoms with Crippen LogP contribution in [0.1, 0.15) is 0 Å². The van der Waals surface area contributed by atoms with E-state index in [9.17, 15) is 0 Å². The monoisotopic (exact) mass is 170 g/mol. The molecule has 0 aliphatic carbocycles. The largest absolute Gasteiger partial charge is 0.497 e. The molecular weight excluding hydrogens is 156 g/mol. The van der Waals surface area contributed by atoms with Crippen LogP contribution in [0.15, 0.2) is 36.6 Å². The Kier molecular flexibility index (Phi) is 5.08. The zero-order chi connectivity index (χ0) is 9.56. The molecule has 3 heteroatoms. The highest BCUT2D eigenvalue weighted by Gasteiger charge is 2.01. The lowest BCUT2D eigenvalue weighted by Gasteiger charge is -2.07. The summed E-state index contributed by atoms with van der Waals surface area (Å²) >= 11 is 0. The molecule has 0 spiro atoms.